The van der Waals surface area contributed by atoms with E-state index in [0.29, 0.717) is 17.1 Å². The molecule has 31 heavy (non-hydrogen) atoms. The summed E-state index contributed by atoms with van der Waals surface area (Å²) >= 11 is 0. The average molecular weight is 415 g/mol. The topological polar surface area (TPSA) is 54.0 Å². The zero-order valence-corrected chi connectivity index (χ0v) is 17.3. The van der Waals surface area contributed by atoms with E-state index in [0.717, 1.165) is 38.4 Å². The minimum Gasteiger partial charge on any atom is -0.454 e. The molecule has 3 aromatic rings. The first-order valence-corrected chi connectivity index (χ1v) is 10.6. The number of rotatable bonds is 5. The van der Waals surface area contributed by atoms with Crippen LogP contribution in [0.4, 0.5) is 11.4 Å². The van der Waals surface area contributed by atoms with Gasteiger partial charge in [0.05, 0.1) is 0 Å². The van der Waals surface area contributed by atoms with Crippen molar-refractivity contribution in [2.45, 2.75) is 6.54 Å². The van der Waals surface area contributed by atoms with Gasteiger partial charge in [0.1, 0.15) is 0 Å². The Morgan fingerprint density at radius 2 is 1.58 bits per heavy atom. The SMILES string of the molecule is O=C(Nc1ccc(CN2CCN(c3ccccc3)CC2)cc1)c1ccc2c(c1)OCO2. The molecule has 1 amide bonds. The molecular formula is C25H25N3O3. The zero-order chi connectivity index (χ0) is 21.0. The summed E-state index contributed by atoms with van der Waals surface area (Å²) < 4.78 is 10.6. The molecule has 0 spiro atoms. The second-order valence-corrected chi connectivity index (χ2v) is 7.82. The summed E-state index contributed by atoms with van der Waals surface area (Å²) in [6.45, 7) is 5.26. The van der Waals surface area contributed by atoms with E-state index in [-0.39, 0.29) is 12.7 Å². The Kier molecular flexibility index (Phi) is 5.46. The summed E-state index contributed by atoms with van der Waals surface area (Å²) in [4.78, 5) is 17.5. The summed E-state index contributed by atoms with van der Waals surface area (Å²) in [5, 5.41) is 2.95. The first kappa shape index (κ1) is 19.5. The van der Waals surface area contributed by atoms with E-state index in [2.05, 4.69) is 57.6 Å². The number of ether oxygens (including phenoxy) is 2. The van der Waals surface area contributed by atoms with Crippen molar-refractivity contribution in [3.05, 3.63) is 83.9 Å². The highest BCUT2D eigenvalue weighted by Gasteiger charge is 2.18. The maximum atomic E-state index is 12.5. The molecule has 5 rings (SSSR count). The van der Waals surface area contributed by atoms with E-state index in [9.17, 15) is 4.79 Å². The van der Waals surface area contributed by atoms with Crippen LogP contribution in [0.1, 0.15) is 15.9 Å². The lowest BCUT2D eigenvalue weighted by molar-refractivity contribution is 0.102. The van der Waals surface area contributed by atoms with Crippen LogP contribution in [-0.4, -0.2) is 43.8 Å². The van der Waals surface area contributed by atoms with E-state index in [1.807, 2.05) is 12.1 Å². The van der Waals surface area contributed by atoms with Crippen LogP contribution < -0.4 is 19.7 Å². The van der Waals surface area contributed by atoms with Crippen molar-refractivity contribution in [1.29, 1.82) is 0 Å². The number of carbonyl (C=O) groups excluding carboxylic acids is 1. The summed E-state index contributed by atoms with van der Waals surface area (Å²) in [5.74, 6) is 1.11. The van der Waals surface area contributed by atoms with E-state index < -0.39 is 0 Å². The minimum absolute atomic E-state index is 0.164. The molecule has 158 valence electrons. The standard InChI is InChI=1S/C25H25N3O3/c29-25(20-8-11-23-24(16-20)31-18-30-23)26-21-9-6-19(7-10-21)17-27-12-14-28(15-13-27)22-4-2-1-3-5-22/h1-11,16H,12-15,17-18H2,(H,26,29). The molecule has 6 heteroatoms. The zero-order valence-electron chi connectivity index (χ0n) is 17.3. The van der Waals surface area contributed by atoms with E-state index in [1.165, 1.54) is 11.3 Å². The second-order valence-electron chi connectivity index (χ2n) is 7.82. The van der Waals surface area contributed by atoms with Gasteiger partial charge in [0, 0.05) is 49.7 Å². The van der Waals surface area contributed by atoms with Crippen LogP contribution in [0.5, 0.6) is 11.5 Å². The highest BCUT2D eigenvalue weighted by Crippen LogP contribution is 2.32. The van der Waals surface area contributed by atoms with Gasteiger partial charge in [-0.3, -0.25) is 9.69 Å². The Morgan fingerprint density at radius 3 is 2.35 bits per heavy atom. The van der Waals surface area contributed by atoms with E-state index >= 15 is 0 Å². The molecule has 1 N–H and O–H groups in total. The molecule has 0 aromatic heterocycles. The van der Waals surface area contributed by atoms with Crippen molar-refractivity contribution in [3.63, 3.8) is 0 Å². The average Bonchev–Trinajstić information content (AvgIpc) is 3.29. The quantitative estimate of drug-likeness (QED) is 0.683. The predicted octanol–water partition coefficient (Wildman–Crippen LogP) is 3.99. The Bertz CT molecular complexity index is 1050. The number of fused-ring (bicyclic) bond motifs is 1. The summed E-state index contributed by atoms with van der Waals surface area (Å²) in [5.41, 5.74) is 3.86. The van der Waals surface area contributed by atoms with Crippen LogP contribution >= 0.6 is 0 Å². The molecule has 3 aromatic carbocycles. The van der Waals surface area contributed by atoms with Crippen LogP contribution in [0.2, 0.25) is 0 Å². The Balaban J connectivity index is 1.14. The monoisotopic (exact) mass is 415 g/mol. The van der Waals surface area contributed by atoms with Gasteiger partial charge in [-0.25, -0.2) is 0 Å². The number of benzene rings is 3. The van der Waals surface area contributed by atoms with Crippen molar-refractivity contribution in [2.75, 3.05) is 43.2 Å². The Morgan fingerprint density at radius 1 is 0.839 bits per heavy atom. The molecular weight excluding hydrogens is 390 g/mol. The van der Waals surface area contributed by atoms with Crippen LogP contribution in [0, 0.1) is 0 Å². The first-order valence-electron chi connectivity index (χ1n) is 10.6. The lowest BCUT2D eigenvalue weighted by Crippen LogP contribution is -2.45. The number of hydrogen-bond acceptors (Lipinski definition) is 5. The van der Waals surface area contributed by atoms with Crippen LogP contribution in [0.25, 0.3) is 0 Å². The smallest absolute Gasteiger partial charge is 0.255 e. The second kappa shape index (κ2) is 8.70. The van der Waals surface area contributed by atoms with Crippen LogP contribution in [0.15, 0.2) is 72.8 Å². The summed E-state index contributed by atoms with van der Waals surface area (Å²) in [6, 6.07) is 23.9. The van der Waals surface area contributed by atoms with Crippen molar-refractivity contribution in [1.82, 2.24) is 4.90 Å². The van der Waals surface area contributed by atoms with Gasteiger partial charge in [-0.1, -0.05) is 30.3 Å². The largest absolute Gasteiger partial charge is 0.454 e. The number of anilines is 2. The van der Waals surface area contributed by atoms with Gasteiger partial charge in [0.15, 0.2) is 11.5 Å². The number of hydrogen-bond donors (Lipinski definition) is 1. The van der Waals surface area contributed by atoms with Gasteiger partial charge in [-0.2, -0.15) is 0 Å². The summed E-state index contributed by atoms with van der Waals surface area (Å²) in [6.07, 6.45) is 0. The molecule has 0 bridgehead atoms. The number of piperazine rings is 1. The third-order valence-electron chi connectivity index (χ3n) is 5.75. The molecule has 6 nitrogen and oxygen atoms in total. The van der Waals surface area contributed by atoms with Gasteiger partial charge in [0.25, 0.3) is 5.91 Å². The van der Waals surface area contributed by atoms with Gasteiger partial charge in [-0.05, 0) is 48.0 Å². The lowest BCUT2D eigenvalue weighted by atomic mass is 10.1. The van der Waals surface area contributed by atoms with Crippen molar-refractivity contribution < 1.29 is 14.3 Å². The molecule has 1 saturated heterocycles. The molecule has 1 fully saturated rings. The van der Waals surface area contributed by atoms with Crippen molar-refractivity contribution in [3.8, 4) is 11.5 Å². The van der Waals surface area contributed by atoms with Gasteiger partial charge in [-0.15, -0.1) is 0 Å². The molecule has 0 atom stereocenters. The van der Waals surface area contributed by atoms with Crippen molar-refractivity contribution >= 4 is 17.3 Å². The normalized spacial score (nSPS) is 15.7. The Labute approximate surface area is 182 Å². The number of nitrogens with zero attached hydrogens (tertiary/aromatic N) is 2. The number of nitrogens with one attached hydrogen (secondary N) is 1. The fourth-order valence-corrected chi connectivity index (χ4v) is 4.00. The first-order chi connectivity index (χ1) is 15.2. The maximum absolute atomic E-state index is 12.5. The maximum Gasteiger partial charge on any atom is 0.255 e. The van der Waals surface area contributed by atoms with E-state index in [1.54, 1.807) is 18.2 Å². The Hall–Kier alpha value is -3.51. The fourth-order valence-electron chi connectivity index (χ4n) is 4.00. The highest BCUT2D eigenvalue weighted by atomic mass is 16.7. The fraction of sp³-hybridized carbons (Fsp3) is 0.240. The molecule has 0 saturated carbocycles. The third-order valence-corrected chi connectivity index (χ3v) is 5.75. The number of amides is 1. The minimum atomic E-state index is -0.164. The van der Waals surface area contributed by atoms with Crippen molar-refractivity contribution in [2.24, 2.45) is 0 Å². The molecule has 0 aliphatic carbocycles. The molecule has 2 aliphatic rings. The third kappa shape index (κ3) is 4.49. The lowest BCUT2D eigenvalue weighted by Gasteiger charge is -2.36. The summed E-state index contributed by atoms with van der Waals surface area (Å²) in [7, 11) is 0. The highest BCUT2D eigenvalue weighted by molar-refractivity contribution is 6.04. The number of carbonyl (C=O) groups is 1. The molecule has 2 heterocycles. The van der Waals surface area contributed by atoms with Gasteiger partial charge < -0.3 is 19.7 Å². The van der Waals surface area contributed by atoms with Crippen LogP contribution in [-0.2, 0) is 6.54 Å². The molecule has 0 radical (unpaired) electrons. The molecule has 0 unspecified atom stereocenters. The van der Waals surface area contributed by atoms with Gasteiger partial charge >= 0.3 is 0 Å². The molecule has 2 aliphatic heterocycles. The van der Waals surface area contributed by atoms with E-state index in [4.69, 9.17) is 9.47 Å². The van der Waals surface area contributed by atoms with Gasteiger partial charge in [0.2, 0.25) is 6.79 Å². The number of para-hydroxylation sites is 1. The predicted molar refractivity (Wildman–Crippen MR) is 121 cm³/mol. The van der Waals surface area contributed by atoms with Crippen LogP contribution in [0.3, 0.4) is 0 Å².